The van der Waals surface area contributed by atoms with Gasteiger partial charge >= 0.3 is 10.7 Å². The van der Waals surface area contributed by atoms with Crippen LogP contribution in [0.25, 0.3) is 0 Å². The van der Waals surface area contributed by atoms with Crippen LogP contribution in [0, 0.1) is 0 Å². The van der Waals surface area contributed by atoms with Crippen LogP contribution in [0.1, 0.15) is 0 Å². The van der Waals surface area contributed by atoms with E-state index in [-0.39, 0.29) is 0 Å². The molecule has 0 atom stereocenters. The number of thiol groups is 1. The standard InChI is InChI=1S/C7H12N2S2.CHF3O3S/c1-8-3-4-9(5-6-10)7(8)11-2;2-1(3,4)8(5,6)7/h3-4H,5-6H2,1-2H3;(H,5,6,7). The molecule has 0 bridgehead atoms. The molecule has 0 radical (unpaired) electrons. The summed E-state index contributed by atoms with van der Waals surface area (Å²) in [5.74, 6) is 0.891. The predicted molar refractivity (Wildman–Crippen MR) is 67.0 cm³/mol. The van der Waals surface area contributed by atoms with Crippen LogP contribution in [-0.2, 0) is 23.7 Å². The maximum atomic E-state index is 10.7. The van der Waals surface area contributed by atoms with Gasteiger partial charge in [-0.05, 0) is 18.0 Å². The van der Waals surface area contributed by atoms with Gasteiger partial charge in [0.25, 0.3) is 0 Å². The summed E-state index contributed by atoms with van der Waals surface area (Å²) in [4.78, 5) is 0. The van der Waals surface area contributed by atoms with Gasteiger partial charge in [0, 0.05) is 5.75 Å². The number of thioether (sulfide) groups is 1. The van der Waals surface area contributed by atoms with Gasteiger partial charge < -0.3 is 4.55 Å². The second kappa shape index (κ2) is 7.41. The first-order chi connectivity index (χ1) is 8.54. The maximum Gasteiger partial charge on any atom is 0.485 e. The summed E-state index contributed by atoms with van der Waals surface area (Å²) < 4.78 is 63.2. The summed E-state index contributed by atoms with van der Waals surface area (Å²) in [7, 11) is -4.03. The topological polar surface area (TPSA) is 66.0 Å². The summed E-state index contributed by atoms with van der Waals surface area (Å²) >= 11 is 5.95. The van der Waals surface area contributed by atoms with Gasteiger partial charge in [-0.1, -0.05) is 0 Å². The van der Waals surface area contributed by atoms with Gasteiger partial charge in [-0.3, -0.25) is 0 Å². The number of rotatable bonds is 3. The molecule has 1 aromatic heterocycles. The summed E-state index contributed by atoms with van der Waals surface area (Å²) in [6, 6.07) is 0. The molecule has 0 saturated carbocycles. The van der Waals surface area contributed by atoms with Crippen LogP contribution in [0.4, 0.5) is 13.2 Å². The van der Waals surface area contributed by atoms with E-state index in [9.17, 15) is 13.2 Å². The zero-order valence-corrected chi connectivity index (χ0v) is 12.6. The van der Waals surface area contributed by atoms with E-state index >= 15 is 0 Å². The van der Waals surface area contributed by atoms with Crippen LogP contribution in [0.15, 0.2) is 17.6 Å². The van der Waals surface area contributed by atoms with Crippen molar-refractivity contribution in [3.8, 4) is 0 Å². The van der Waals surface area contributed by atoms with Crippen molar-refractivity contribution in [2.75, 3.05) is 12.0 Å². The van der Waals surface area contributed by atoms with E-state index in [0.717, 1.165) is 12.3 Å². The minimum Gasteiger partial charge on any atom is -0.741 e. The molecule has 1 rings (SSSR count). The molecule has 0 aromatic carbocycles. The fourth-order valence-electron chi connectivity index (χ4n) is 1.05. The zero-order valence-electron chi connectivity index (χ0n) is 10.1. The van der Waals surface area contributed by atoms with Crippen LogP contribution < -0.4 is 4.57 Å². The minimum atomic E-state index is -6.09. The predicted octanol–water partition coefficient (Wildman–Crippen LogP) is 1.02. The Labute approximate surface area is 119 Å². The Hall–Kier alpha value is -0.390. The van der Waals surface area contributed by atoms with Crippen molar-refractivity contribution in [1.29, 1.82) is 0 Å². The number of aromatic nitrogens is 2. The normalized spacial score (nSPS) is 11.9. The van der Waals surface area contributed by atoms with Crippen LogP contribution in [-0.4, -0.2) is 35.1 Å². The summed E-state index contributed by atoms with van der Waals surface area (Å²) in [5.41, 5.74) is -5.65. The van der Waals surface area contributed by atoms with Crippen molar-refractivity contribution in [1.82, 2.24) is 4.57 Å². The monoisotopic (exact) mass is 338 g/mol. The van der Waals surface area contributed by atoms with E-state index in [1.54, 1.807) is 11.8 Å². The number of halogens is 3. The average molecular weight is 338 g/mol. The smallest absolute Gasteiger partial charge is 0.485 e. The lowest BCUT2D eigenvalue weighted by Gasteiger charge is -2.08. The Morgan fingerprint density at radius 2 is 2.00 bits per heavy atom. The van der Waals surface area contributed by atoms with Gasteiger partial charge in [-0.25, -0.2) is 17.6 Å². The van der Waals surface area contributed by atoms with Crippen molar-refractivity contribution in [3.63, 3.8) is 0 Å². The molecule has 0 N–H and O–H groups in total. The van der Waals surface area contributed by atoms with Gasteiger partial charge in [0.1, 0.15) is 12.4 Å². The lowest BCUT2D eigenvalue weighted by molar-refractivity contribution is -0.709. The number of aryl methyl sites for hydroxylation is 2. The van der Waals surface area contributed by atoms with Gasteiger partial charge in [-0.15, -0.1) is 0 Å². The molecule has 112 valence electrons. The van der Waals surface area contributed by atoms with Gasteiger partial charge in [-0.2, -0.15) is 25.8 Å². The molecule has 0 aliphatic heterocycles. The molecule has 1 aromatic rings. The first-order valence-corrected chi connectivity index (χ1v) is 8.03. The quantitative estimate of drug-likeness (QED) is 0.294. The molecule has 0 aliphatic carbocycles. The number of hydrogen-bond donors (Lipinski definition) is 1. The summed E-state index contributed by atoms with van der Waals surface area (Å²) in [6.45, 7) is 0.986. The van der Waals surface area contributed by atoms with E-state index in [1.165, 1.54) is 5.16 Å². The summed E-state index contributed by atoms with van der Waals surface area (Å²) in [6.07, 6.45) is 6.24. The van der Waals surface area contributed by atoms with Crippen molar-refractivity contribution >= 4 is 34.5 Å². The highest BCUT2D eigenvalue weighted by molar-refractivity contribution is 7.98. The van der Waals surface area contributed by atoms with E-state index < -0.39 is 15.6 Å². The number of nitrogens with zero attached hydrogens (tertiary/aromatic N) is 2. The number of hydrogen-bond acceptors (Lipinski definition) is 5. The highest BCUT2D eigenvalue weighted by Crippen LogP contribution is 2.20. The Morgan fingerprint density at radius 3 is 2.32 bits per heavy atom. The van der Waals surface area contributed by atoms with Crippen molar-refractivity contribution in [2.45, 2.75) is 17.2 Å². The average Bonchev–Trinajstić information content (AvgIpc) is 2.58. The van der Waals surface area contributed by atoms with Crippen molar-refractivity contribution in [2.24, 2.45) is 7.05 Å². The molecule has 0 saturated heterocycles. The molecule has 0 amide bonds. The van der Waals surface area contributed by atoms with Crippen molar-refractivity contribution < 1.29 is 30.7 Å². The first-order valence-electron chi connectivity index (χ1n) is 4.76. The van der Waals surface area contributed by atoms with E-state index in [4.69, 9.17) is 13.0 Å². The Morgan fingerprint density at radius 1 is 1.53 bits per heavy atom. The second-order valence-electron chi connectivity index (χ2n) is 3.21. The summed E-state index contributed by atoms with van der Waals surface area (Å²) in [5, 5.41) is 1.28. The zero-order chi connectivity index (χ0) is 15.3. The maximum absolute atomic E-state index is 10.7. The lowest BCUT2D eigenvalue weighted by Crippen LogP contribution is -2.28. The van der Waals surface area contributed by atoms with Crippen LogP contribution in [0.2, 0.25) is 0 Å². The third-order valence-corrected chi connectivity index (χ3v) is 3.48. The van der Waals surface area contributed by atoms with Gasteiger partial charge in [0.05, 0.1) is 13.6 Å². The molecule has 0 aliphatic rings. The molecule has 0 unspecified atom stereocenters. The SMILES string of the molecule is CSc1n(CCS)cc[n+]1C.O=S(=O)([O-])C(F)(F)F. The third kappa shape index (κ3) is 6.06. The van der Waals surface area contributed by atoms with E-state index in [1.807, 2.05) is 0 Å². The van der Waals surface area contributed by atoms with Crippen LogP contribution in [0.5, 0.6) is 0 Å². The highest BCUT2D eigenvalue weighted by atomic mass is 32.2. The minimum absolute atomic E-state index is 0.891. The molecule has 5 nitrogen and oxygen atoms in total. The fraction of sp³-hybridized carbons (Fsp3) is 0.625. The first kappa shape index (κ1) is 18.6. The Kier molecular flexibility index (Phi) is 7.26. The second-order valence-corrected chi connectivity index (χ2v) is 5.80. The molecule has 11 heteroatoms. The third-order valence-electron chi connectivity index (χ3n) is 1.82. The largest absolute Gasteiger partial charge is 0.741 e. The van der Waals surface area contributed by atoms with Gasteiger partial charge in [0.15, 0.2) is 10.1 Å². The van der Waals surface area contributed by atoms with Crippen molar-refractivity contribution in [3.05, 3.63) is 12.4 Å². The van der Waals surface area contributed by atoms with E-state index in [0.29, 0.717) is 0 Å². The van der Waals surface area contributed by atoms with Crippen LogP contribution in [0.3, 0.4) is 0 Å². The Bertz CT molecular complexity index is 499. The molecule has 19 heavy (non-hydrogen) atoms. The van der Waals surface area contributed by atoms with Gasteiger partial charge in [0.2, 0.25) is 0 Å². The highest BCUT2D eigenvalue weighted by Gasteiger charge is 2.36. The Balaban J connectivity index is 0.000000362. The molecule has 0 spiro atoms. The molecular weight excluding hydrogens is 325 g/mol. The number of alkyl halides is 3. The fourth-order valence-corrected chi connectivity index (χ4v) is 2.00. The molecule has 0 fully saturated rings. The molecule has 1 heterocycles. The van der Waals surface area contributed by atoms with Crippen LogP contribution >= 0.6 is 24.4 Å². The van der Waals surface area contributed by atoms with E-state index in [2.05, 4.69) is 47.5 Å². The number of imidazole rings is 1. The molecular formula is C8H13F3N2O3S3. The lowest BCUT2D eigenvalue weighted by atomic mass is 10.7.